The van der Waals surface area contributed by atoms with Gasteiger partial charge in [-0.15, -0.1) is 11.8 Å². The standard InChI is InChI=1S/C9H12F3N3S/c1-3-13-6-5-7(16-4-2)15-8(14-6)9(10,11)12/h5H,3-4H2,1-2H3,(H,13,14,15). The molecular formula is C9H12F3N3S. The van der Waals surface area contributed by atoms with Crippen LogP contribution < -0.4 is 5.32 Å². The van der Waals surface area contributed by atoms with Crippen LogP contribution in [0.15, 0.2) is 11.1 Å². The largest absolute Gasteiger partial charge is 0.451 e. The van der Waals surface area contributed by atoms with Crippen LogP contribution in [0.5, 0.6) is 0 Å². The average molecular weight is 251 g/mol. The van der Waals surface area contributed by atoms with E-state index in [2.05, 4.69) is 15.3 Å². The smallest absolute Gasteiger partial charge is 0.370 e. The van der Waals surface area contributed by atoms with Crippen molar-refractivity contribution in [1.82, 2.24) is 9.97 Å². The van der Waals surface area contributed by atoms with Crippen LogP contribution in [0.1, 0.15) is 19.7 Å². The second kappa shape index (κ2) is 5.38. The Morgan fingerprint density at radius 3 is 2.50 bits per heavy atom. The van der Waals surface area contributed by atoms with Crippen molar-refractivity contribution in [2.24, 2.45) is 0 Å². The fraction of sp³-hybridized carbons (Fsp3) is 0.556. The van der Waals surface area contributed by atoms with Crippen LogP contribution >= 0.6 is 11.8 Å². The molecule has 0 spiro atoms. The van der Waals surface area contributed by atoms with E-state index in [0.29, 0.717) is 17.3 Å². The molecule has 0 aromatic carbocycles. The van der Waals surface area contributed by atoms with Gasteiger partial charge in [-0.3, -0.25) is 0 Å². The van der Waals surface area contributed by atoms with Gasteiger partial charge in [-0.2, -0.15) is 13.2 Å². The van der Waals surface area contributed by atoms with Gasteiger partial charge in [0.2, 0.25) is 5.82 Å². The van der Waals surface area contributed by atoms with E-state index in [9.17, 15) is 13.2 Å². The summed E-state index contributed by atoms with van der Waals surface area (Å²) in [5.74, 6) is -0.220. The molecule has 0 saturated carbocycles. The number of halogens is 3. The minimum absolute atomic E-state index is 0.209. The monoisotopic (exact) mass is 251 g/mol. The van der Waals surface area contributed by atoms with Gasteiger partial charge in [-0.25, -0.2) is 9.97 Å². The van der Waals surface area contributed by atoms with Crippen LogP contribution in [-0.4, -0.2) is 22.3 Å². The summed E-state index contributed by atoms with van der Waals surface area (Å²) in [6.07, 6.45) is -4.51. The van der Waals surface area contributed by atoms with Crippen molar-refractivity contribution >= 4 is 17.6 Å². The molecule has 0 bridgehead atoms. The van der Waals surface area contributed by atoms with Crippen LogP contribution in [0.2, 0.25) is 0 Å². The van der Waals surface area contributed by atoms with Crippen molar-refractivity contribution in [3.8, 4) is 0 Å². The Balaban J connectivity index is 3.08. The Morgan fingerprint density at radius 2 is 2.00 bits per heavy atom. The van der Waals surface area contributed by atoms with E-state index in [4.69, 9.17) is 0 Å². The predicted octanol–water partition coefficient (Wildman–Crippen LogP) is 3.04. The molecule has 1 aromatic heterocycles. The maximum atomic E-state index is 12.5. The van der Waals surface area contributed by atoms with Crippen molar-refractivity contribution < 1.29 is 13.2 Å². The molecule has 0 amide bonds. The number of rotatable bonds is 4. The summed E-state index contributed by atoms with van der Waals surface area (Å²) in [7, 11) is 0. The second-order valence-electron chi connectivity index (χ2n) is 2.88. The summed E-state index contributed by atoms with van der Waals surface area (Å²) >= 11 is 1.25. The minimum Gasteiger partial charge on any atom is -0.370 e. The average Bonchev–Trinajstić information content (AvgIpc) is 2.17. The number of anilines is 1. The molecule has 0 aliphatic heterocycles. The third kappa shape index (κ3) is 3.55. The van der Waals surface area contributed by atoms with Gasteiger partial charge in [0.05, 0.1) is 0 Å². The van der Waals surface area contributed by atoms with Crippen LogP contribution in [0.25, 0.3) is 0 Å². The molecule has 0 atom stereocenters. The van der Waals surface area contributed by atoms with E-state index in [1.807, 2.05) is 6.92 Å². The third-order valence-electron chi connectivity index (χ3n) is 1.61. The van der Waals surface area contributed by atoms with Gasteiger partial charge >= 0.3 is 6.18 Å². The second-order valence-corrected chi connectivity index (χ2v) is 4.16. The molecule has 7 heteroatoms. The number of aromatic nitrogens is 2. The topological polar surface area (TPSA) is 37.8 Å². The molecule has 90 valence electrons. The SMILES string of the molecule is CCNc1cc(SCC)nc(C(F)(F)F)n1. The molecule has 0 saturated heterocycles. The summed E-state index contributed by atoms with van der Waals surface area (Å²) in [5, 5.41) is 3.09. The lowest BCUT2D eigenvalue weighted by Gasteiger charge is -2.09. The summed E-state index contributed by atoms with van der Waals surface area (Å²) in [6, 6.07) is 1.52. The van der Waals surface area contributed by atoms with E-state index < -0.39 is 12.0 Å². The molecule has 1 N–H and O–H groups in total. The van der Waals surface area contributed by atoms with Crippen molar-refractivity contribution in [3.63, 3.8) is 0 Å². The fourth-order valence-electron chi connectivity index (χ4n) is 1.05. The third-order valence-corrected chi connectivity index (χ3v) is 2.40. The molecule has 1 aromatic rings. The van der Waals surface area contributed by atoms with Gasteiger partial charge in [-0.05, 0) is 12.7 Å². The van der Waals surface area contributed by atoms with Gasteiger partial charge in [0.25, 0.3) is 0 Å². The number of nitrogens with one attached hydrogen (secondary N) is 1. The fourth-order valence-corrected chi connectivity index (χ4v) is 1.69. The molecular weight excluding hydrogens is 239 g/mol. The van der Waals surface area contributed by atoms with Crippen molar-refractivity contribution in [3.05, 3.63) is 11.9 Å². The highest BCUT2D eigenvalue weighted by molar-refractivity contribution is 7.99. The van der Waals surface area contributed by atoms with E-state index in [1.54, 1.807) is 6.92 Å². The first-order chi connectivity index (χ1) is 7.47. The van der Waals surface area contributed by atoms with Gasteiger partial charge in [0.1, 0.15) is 10.8 Å². The number of hydrogen-bond acceptors (Lipinski definition) is 4. The quantitative estimate of drug-likeness (QED) is 0.659. The highest BCUT2D eigenvalue weighted by Crippen LogP contribution is 2.29. The summed E-state index contributed by atoms with van der Waals surface area (Å²) in [5.41, 5.74) is 0. The Bertz CT molecular complexity index is 330. The Hall–Kier alpha value is -0.980. The maximum Gasteiger partial charge on any atom is 0.451 e. The van der Waals surface area contributed by atoms with Crippen LogP contribution in [-0.2, 0) is 6.18 Å². The normalized spacial score (nSPS) is 11.6. The number of nitrogens with zero attached hydrogens (tertiary/aromatic N) is 2. The van der Waals surface area contributed by atoms with Crippen LogP contribution in [0.3, 0.4) is 0 Å². The lowest BCUT2D eigenvalue weighted by Crippen LogP contribution is -2.13. The molecule has 0 unspecified atom stereocenters. The zero-order valence-corrected chi connectivity index (χ0v) is 9.74. The first-order valence-corrected chi connectivity index (χ1v) is 5.78. The van der Waals surface area contributed by atoms with Gasteiger partial charge < -0.3 is 5.32 Å². The first kappa shape index (κ1) is 13.1. The number of hydrogen-bond donors (Lipinski definition) is 1. The van der Waals surface area contributed by atoms with Crippen molar-refractivity contribution in [2.45, 2.75) is 25.0 Å². The highest BCUT2D eigenvalue weighted by Gasteiger charge is 2.35. The zero-order chi connectivity index (χ0) is 12.2. The van der Waals surface area contributed by atoms with E-state index in [0.717, 1.165) is 0 Å². The Kier molecular flexibility index (Phi) is 4.40. The summed E-state index contributed by atoms with van der Waals surface area (Å²) < 4.78 is 37.4. The lowest BCUT2D eigenvalue weighted by molar-refractivity contribution is -0.145. The zero-order valence-electron chi connectivity index (χ0n) is 8.93. The molecule has 1 rings (SSSR count). The van der Waals surface area contributed by atoms with Gasteiger partial charge in [0.15, 0.2) is 0 Å². The lowest BCUT2D eigenvalue weighted by atomic mass is 10.5. The first-order valence-electron chi connectivity index (χ1n) is 4.80. The predicted molar refractivity (Wildman–Crippen MR) is 57.6 cm³/mol. The Labute approximate surface area is 95.9 Å². The maximum absolute atomic E-state index is 12.5. The van der Waals surface area contributed by atoms with Crippen LogP contribution in [0, 0.1) is 0 Å². The van der Waals surface area contributed by atoms with E-state index >= 15 is 0 Å². The highest BCUT2D eigenvalue weighted by atomic mass is 32.2. The molecule has 16 heavy (non-hydrogen) atoms. The van der Waals surface area contributed by atoms with Crippen molar-refractivity contribution in [1.29, 1.82) is 0 Å². The van der Waals surface area contributed by atoms with E-state index in [1.165, 1.54) is 17.8 Å². The summed E-state index contributed by atoms with van der Waals surface area (Å²) in [4.78, 5) is 6.88. The van der Waals surface area contributed by atoms with Crippen molar-refractivity contribution in [2.75, 3.05) is 17.6 Å². The van der Waals surface area contributed by atoms with Gasteiger partial charge in [-0.1, -0.05) is 6.92 Å². The molecule has 1 heterocycles. The minimum atomic E-state index is -4.51. The molecule has 3 nitrogen and oxygen atoms in total. The summed E-state index contributed by atoms with van der Waals surface area (Å²) in [6.45, 7) is 4.17. The Morgan fingerprint density at radius 1 is 1.31 bits per heavy atom. The molecule has 0 radical (unpaired) electrons. The molecule has 0 aliphatic carbocycles. The van der Waals surface area contributed by atoms with E-state index in [-0.39, 0.29) is 5.82 Å². The number of thioether (sulfide) groups is 1. The molecule has 0 aliphatic rings. The van der Waals surface area contributed by atoms with Gasteiger partial charge in [0, 0.05) is 12.6 Å². The van der Waals surface area contributed by atoms with Crippen LogP contribution in [0.4, 0.5) is 19.0 Å². The number of alkyl halides is 3. The molecule has 0 fully saturated rings.